The van der Waals surface area contributed by atoms with E-state index in [0.717, 1.165) is 17.8 Å². The average molecular weight is 202 g/mol. The number of hydrogen-bond acceptors (Lipinski definition) is 1. The molecule has 2 aromatic heterocycles. The van der Waals surface area contributed by atoms with Crippen LogP contribution in [0, 0.1) is 0 Å². The Labute approximate surface area is 88.1 Å². The number of aromatic amines is 1. The van der Waals surface area contributed by atoms with E-state index in [1.807, 2.05) is 48.7 Å². The molecule has 3 nitrogen and oxygen atoms in total. The van der Waals surface area contributed by atoms with E-state index in [2.05, 4.69) is 4.98 Å². The highest BCUT2D eigenvalue weighted by Crippen LogP contribution is 2.10. The van der Waals surface area contributed by atoms with Gasteiger partial charge in [0.25, 0.3) is 5.56 Å². The van der Waals surface area contributed by atoms with Crippen LogP contribution in [0.15, 0.2) is 29.2 Å². The van der Waals surface area contributed by atoms with E-state index in [1.54, 1.807) is 0 Å². The van der Waals surface area contributed by atoms with E-state index in [9.17, 15) is 4.79 Å². The summed E-state index contributed by atoms with van der Waals surface area (Å²) in [7, 11) is 0. The Bertz CT molecular complexity index is 560. The molecule has 0 aromatic carbocycles. The monoisotopic (exact) mass is 202 g/mol. The van der Waals surface area contributed by atoms with Crippen LogP contribution in [0.3, 0.4) is 0 Å². The molecule has 0 aliphatic heterocycles. The van der Waals surface area contributed by atoms with Gasteiger partial charge in [-0.15, -0.1) is 0 Å². The van der Waals surface area contributed by atoms with E-state index in [-0.39, 0.29) is 5.56 Å². The van der Waals surface area contributed by atoms with Crippen molar-refractivity contribution in [1.29, 1.82) is 0 Å². The number of aryl methyl sites for hydroxylation is 1. The highest BCUT2D eigenvalue weighted by molar-refractivity contribution is 5.56. The molecule has 2 rings (SSSR count). The second-order valence-corrected chi connectivity index (χ2v) is 3.43. The fraction of sp³-hybridized carbons (Fsp3) is 0.250. The van der Waals surface area contributed by atoms with Crippen molar-refractivity contribution in [1.82, 2.24) is 9.38 Å². The topological polar surface area (TPSA) is 37.3 Å². The van der Waals surface area contributed by atoms with Crippen molar-refractivity contribution in [2.24, 2.45) is 0 Å². The number of nitrogens with zero attached hydrogens (tertiary/aromatic N) is 1. The van der Waals surface area contributed by atoms with Gasteiger partial charge in [-0.1, -0.05) is 13.0 Å². The van der Waals surface area contributed by atoms with Crippen molar-refractivity contribution in [3.63, 3.8) is 0 Å². The van der Waals surface area contributed by atoms with Crippen LogP contribution in [0.1, 0.15) is 25.2 Å². The summed E-state index contributed by atoms with van der Waals surface area (Å²) in [6.45, 7) is 4.01. The number of allylic oxidation sites excluding steroid dienone is 1. The molecule has 1 N–H and O–H groups in total. The van der Waals surface area contributed by atoms with E-state index in [1.165, 1.54) is 0 Å². The second kappa shape index (κ2) is 3.77. The molecular formula is C12H14N2O. The molecule has 0 bridgehead atoms. The van der Waals surface area contributed by atoms with Crippen molar-refractivity contribution < 1.29 is 0 Å². The maximum atomic E-state index is 11.7. The van der Waals surface area contributed by atoms with Gasteiger partial charge >= 0.3 is 0 Å². The average Bonchev–Trinajstić information content (AvgIpc) is 2.71. The van der Waals surface area contributed by atoms with E-state index < -0.39 is 0 Å². The minimum Gasteiger partial charge on any atom is -0.322 e. The van der Waals surface area contributed by atoms with E-state index >= 15 is 0 Å². The van der Waals surface area contributed by atoms with Gasteiger partial charge in [0.1, 0.15) is 5.52 Å². The Hall–Kier alpha value is -1.77. The van der Waals surface area contributed by atoms with Gasteiger partial charge in [-0.3, -0.25) is 4.79 Å². The van der Waals surface area contributed by atoms with Gasteiger partial charge in [0.15, 0.2) is 0 Å². The minimum atomic E-state index is -0.0231. The summed E-state index contributed by atoms with van der Waals surface area (Å²) < 4.78 is 1.93. The van der Waals surface area contributed by atoms with Gasteiger partial charge in [0.05, 0.1) is 5.69 Å². The Kier molecular flexibility index (Phi) is 2.46. The molecule has 0 aliphatic rings. The second-order valence-electron chi connectivity index (χ2n) is 3.43. The number of nitrogens with one attached hydrogen (secondary N) is 1. The molecule has 2 aromatic rings. The molecule has 0 amide bonds. The molecule has 0 aliphatic carbocycles. The molecule has 15 heavy (non-hydrogen) atoms. The van der Waals surface area contributed by atoms with Crippen molar-refractivity contribution in [3.8, 4) is 0 Å². The molecule has 3 heteroatoms. The zero-order valence-electron chi connectivity index (χ0n) is 8.95. The third kappa shape index (κ3) is 1.50. The molecule has 0 fully saturated rings. The number of hydrogen-bond donors (Lipinski definition) is 1. The zero-order valence-corrected chi connectivity index (χ0v) is 8.95. The van der Waals surface area contributed by atoms with Gasteiger partial charge in [-0.25, -0.2) is 0 Å². The lowest BCUT2D eigenvalue weighted by Crippen LogP contribution is -2.14. The fourth-order valence-corrected chi connectivity index (χ4v) is 1.79. The highest BCUT2D eigenvalue weighted by atomic mass is 16.1. The maximum absolute atomic E-state index is 11.7. The molecule has 0 atom stereocenters. The van der Waals surface area contributed by atoms with E-state index in [4.69, 9.17) is 0 Å². The summed E-state index contributed by atoms with van der Waals surface area (Å²) in [6.07, 6.45) is 6.73. The SMILES string of the molecule is C/C=C\c1c(CC)[nH]c(=O)c2cccn12. The van der Waals surface area contributed by atoms with Gasteiger partial charge in [0, 0.05) is 11.9 Å². The minimum absolute atomic E-state index is 0.0231. The van der Waals surface area contributed by atoms with E-state index in [0.29, 0.717) is 5.52 Å². The molecule has 2 heterocycles. The third-order valence-corrected chi connectivity index (χ3v) is 2.49. The number of aromatic nitrogens is 2. The lowest BCUT2D eigenvalue weighted by molar-refractivity contribution is 0.951. The summed E-state index contributed by atoms with van der Waals surface area (Å²) in [5.41, 5.74) is 2.70. The van der Waals surface area contributed by atoms with Crippen LogP contribution in [0.5, 0.6) is 0 Å². The van der Waals surface area contributed by atoms with Crippen LogP contribution in [0.2, 0.25) is 0 Å². The normalized spacial score (nSPS) is 11.6. The Balaban J connectivity index is 2.88. The number of fused-ring (bicyclic) bond motifs is 1. The standard InChI is InChI=1S/C12H14N2O/c1-3-6-10-9(4-2)13-12(15)11-7-5-8-14(10)11/h3,5-8H,4H2,1-2H3,(H,13,15)/b6-3-. The largest absolute Gasteiger partial charge is 0.322 e. The van der Waals surface area contributed by atoms with Crippen LogP contribution in [0.25, 0.3) is 11.6 Å². The summed E-state index contributed by atoms with van der Waals surface area (Å²) >= 11 is 0. The summed E-state index contributed by atoms with van der Waals surface area (Å²) in [4.78, 5) is 14.6. The van der Waals surface area contributed by atoms with Crippen LogP contribution in [-0.2, 0) is 6.42 Å². The summed E-state index contributed by atoms with van der Waals surface area (Å²) in [5.74, 6) is 0. The van der Waals surface area contributed by atoms with Gasteiger partial charge in [-0.05, 0) is 31.6 Å². The molecule has 0 radical (unpaired) electrons. The molecule has 78 valence electrons. The molecule has 0 saturated heterocycles. The first kappa shape index (κ1) is 9.77. The maximum Gasteiger partial charge on any atom is 0.272 e. The summed E-state index contributed by atoms with van der Waals surface area (Å²) in [6, 6.07) is 3.71. The quantitative estimate of drug-likeness (QED) is 0.796. The number of H-pyrrole nitrogens is 1. The predicted octanol–water partition coefficient (Wildman–Crippen LogP) is 2.22. The van der Waals surface area contributed by atoms with Crippen molar-refractivity contribution in [2.75, 3.05) is 0 Å². The lowest BCUT2D eigenvalue weighted by Gasteiger charge is -2.07. The van der Waals surface area contributed by atoms with Crippen LogP contribution in [-0.4, -0.2) is 9.38 Å². The highest BCUT2D eigenvalue weighted by Gasteiger charge is 2.06. The van der Waals surface area contributed by atoms with Crippen molar-refractivity contribution in [3.05, 3.63) is 46.1 Å². The van der Waals surface area contributed by atoms with Crippen LogP contribution < -0.4 is 5.56 Å². The molecular weight excluding hydrogens is 188 g/mol. The third-order valence-electron chi connectivity index (χ3n) is 2.49. The van der Waals surface area contributed by atoms with Crippen molar-refractivity contribution in [2.45, 2.75) is 20.3 Å². The molecule has 0 spiro atoms. The van der Waals surface area contributed by atoms with Gasteiger partial charge < -0.3 is 9.38 Å². The molecule has 0 unspecified atom stereocenters. The summed E-state index contributed by atoms with van der Waals surface area (Å²) in [5, 5.41) is 0. The Morgan fingerprint density at radius 1 is 1.53 bits per heavy atom. The first-order valence-corrected chi connectivity index (χ1v) is 5.12. The van der Waals surface area contributed by atoms with Crippen molar-refractivity contribution >= 4 is 11.6 Å². The first-order valence-electron chi connectivity index (χ1n) is 5.12. The fourth-order valence-electron chi connectivity index (χ4n) is 1.79. The van der Waals surface area contributed by atoms with Gasteiger partial charge in [0.2, 0.25) is 0 Å². The van der Waals surface area contributed by atoms with Crippen LogP contribution in [0.4, 0.5) is 0 Å². The van der Waals surface area contributed by atoms with Crippen LogP contribution >= 0.6 is 0 Å². The Morgan fingerprint density at radius 3 is 3.00 bits per heavy atom. The number of rotatable bonds is 2. The lowest BCUT2D eigenvalue weighted by atomic mass is 10.2. The Morgan fingerprint density at radius 2 is 2.33 bits per heavy atom. The first-order chi connectivity index (χ1) is 7.27. The zero-order chi connectivity index (χ0) is 10.8. The molecule has 0 saturated carbocycles. The van der Waals surface area contributed by atoms with Gasteiger partial charge in [-0.2, -0.15) is 0 Å². The smallest absolute Gasteiger partial charge is 0.272 e. The predicted molar refractivity (Wildman–Crippen MR) is 62.1 cm³/mol.